The summed E-state index contributed by atoms with van der Waals surface area (Å²) in [7, 11) is 0. The standard InChI is InChI=1S/C55H35N5.C4H8O2/c1-2-18-36(19-3-1)58-51-33-17-10-26-44(51)56-55(58)54-52(59-47-29-13-6-22-40(47)41-23-7-14-30-48(41)59)34-37(57-45-27-11-4-20-38(45)39-21-5-12-28-46(39)57)35-53(54)60-49-31-15-8-24-42(49)43-25-9-16-32-50(43)60;1-3-6-4(2)5/h1-35H;3H2,1-2H3. The van der Waals surface area contributed by atoms with Crippen LogP contribution in [0.4, 0.5) is 0 Å². The molecule has 0 radical (unpaired) electrons. The van der Waals surface area contributed by atoms with E-state index in [-0.39, 0.29) is 5.97 Å². The van der Waals surface area contributed by atoms with Gasteiger partial charge in [0, 0.05) is 44.9 Å². The first-order valence-corrected chi connectivity index (χ1v) is 22.4. The van der Waals surface area contributed by atoms with Crippen LogP contribution in [0.5, 0.6) is 0 Å². The van der Waals surface area contributed by atoms with Crippen molar-refractivity contribution >= 4 is 82.4 Å². The van der Waals surface area contributed by atoms with Crippen LogP contribution < -0.4 is 0 Å². The molecule has 4 aromatic heterocycles. The average molecular weight is 854 g/mol. The Morgan fingerprint density at radius 2 is 0.758 bits per heavy atom. The Kier molecular flexibility index (Phi) is 9.35. The first kappa shape index (κ1) is 39.0. The van der Waals surface area contributed by atoms with Gasteiger partial charge in [-0.05, 0) is 79.7 Å². The SMILES string of the molecule is CCOC(C)=O.c1ccc(-n2c(-c3c(-n4c5ccccc5c5ccccc54)cc(-n4c5ccccc5c5ccccc54)cc3-n3c4ccccc4c4ccccc43)nc3ccccc32)cc1. The summed E-state index contributed by atoms with van der Waals surface area (Å²) >= 11 is 0. The summed E-state index contributed by atoms with van der Waals surface area (Å²) in [5, 5.41) is 7.26. The first-order valence-electron chi connectivity index (χ1n) is 22.4. The molecule has 0 aliphatic carbocycles. The van der Waals surface area contributed by atoms with Crippen molar-refractivity contribution in [2.45, 2.75) is 13.8 Å². The van der Waals surface area contributed by atoms with Crippen molar-refractivity contribution < 1.29 is 9.53 Å². The number of aromatic nitrogens is 5. The zero-order chi connectivity index (χ0) is 44.3. The fourth-order valence-electron chi connectivity index (χ4n) is 10.1. The molecule has 0 saturated heterocycles. The topological polar surface area (TPSA) is 58.9 Å². The molecule has 316 valence electrons. The second-order valence-electron chi connectivity index (χ2n) is 16.5. The predicted molar refractivity (Wildman–Crippen MR) is 272 cm³/mol. The van der Waals surface area contributed by atoms with Crippen LogP contribution in [0.15, 0.2) is 212 Å². The van der Waals surface area contributed by atoms with Gasteiger partial charge in [-0.25, -0.2) is 4.98 Å². The number of carbonyl (C=O) groups excluding carboxylic acids is 1. The number of hydrogen-bond acceptors (Lipinski definition) is 3. The lowest BCUT2D eigenvalue weighted by Crippen LogP contribution is -2.09. The molecule has 0 spiro atoms. The highest BCUT2D eigenvalue weighted by atomic mass is 16.5. The molecule has 0 aliphatic rings. The van der Waals surface area contributed by atoms with Crippen molar-refractivity contribution in [3.05, 3.63) is 212 Å². The van der Waals surface area contributed by atoms with E-state index >= 15 is 0 Å². The van der Waals surface area contributed by atoms with Crippen molar-refractivity contribution in [3.63, 3.8) is 0 Å². The number of esters is 1. The number of benzene rings is 9. The Hall–Kier alpha value is -8.68. The summed E-state index contributed by atoms with van der Waals surface area (Å²) < 4.78 is 14.1. The minimum atomic E-state index is -0.211. The van der Waals surface area contributed by atoms with Gasteiger partial charge in [-0.2, -0.15) is 0 Å². The summed E-state index contributed by atoms with van der Waals surface area (Å²) in [5.41, 5.74) is 14.0. The van der Waals surface area contributed by atoms with E-state index in [1.165, 1.54) is 39.2 Å². The Labute approximate surface area is 380 Å². The smallest absolute Gasteiger partial charge is 0.302 e. The summed E-state index contributed by atoms with van der Waals surface area (Å²) in [4.78, 5) is 15.5. The number of hydrogen-bond donors (Lipinski definition) is 0. The monoisotopic (exact) mass is 853 g/mol. The van der Waals surface area contributed by atoms with Crippen molar-refractivity contribution in [2.75, 3.05) is 6.61 Å². The van der Waals surface area contributed by atoms with Crippen LogP contribution in [0.25, 0.3) is 111 Å². The number of nitrogens with zero attached hydrogens (tertiary/aromatic N) is 5. The van der Waals surface area contributed by atoms with Crippen molar-refractivity contribution in [1.29, 1.82) is 0 Å². The number of carbonyl (C=O) groups is 1. The molecule has 0 atom stereocenters. The summed E-state index contributed by atoms with van der Waals surface area (Å²) in [5.74, 6) is 0.655. The lowest BCUT2D eigenvalue weighted by atomic mass is 10.1. The fourth-order valence-corrected chi connectivity index (χ4v) is 10.1. The highest BCUT2D eigenvalue weighted by molar-refractivity contribution is 6.13. The van der Waals surface area contributed by atoms with E-state index in [0.717, 1.165) is 78.3 Å². The van der Waals surface area contributed by atoms with Crippen LogP contribution in [0, 0.1) is 0 Å². The van der Waals surface area contributed by atoms with E-state index in [0.29, 0.717) is 6.61 Å². The molecule has 0 fully saturated rings. The van der Waals surface area contributed by atoms with Crippen LogP contribution in [0.3, 0.4) is 0 Å². The Bertz CT molecular complexity index is 3700. The molecule has 9 aromatic carbocycles. The normalized spacial score (nSPS) is 11.6. The van der Waals surface area contributed by atoms with Crippen LogP contribution >= 0.6 is 0 Å². The molecule has 13 aromatic rings. The third kappa shape index (κ3) is 6.12. The zero-order valence-corrected chi connectivity index (χ0v) is 36.5. The lowest BCUT2D eigenvalue weighted by Gasteiger charge is -2.23. The molecule has 4 heterocycles. The Balaban J connectivity index is 0.000000716. The van der Waals surface area contributed by atoms with Gasteiger partial charge >= 0.3 is 5.97 Å². The van der Waals surface area contributed by atoms with Crippen molar-refractivity contribution in [3.8, 4) is 34.1 Å². The molecule has 7 nitrogen and oxygen atoms in total. The molecule has 7 heteroatoms. The molecule has 0 unspecified atom stereocenters. The van der Waals surface area contributed by atoms with E-state index < -0.39 is 0 Å². The summed E-state index contributed by atoms with van der Waals surface area (Å²) in [6.45, 7) is 3.65. The highest BCUT2D eigenvalue weighted by Crippen LogP contribution is 2.45. The zero-order valence-electron chi connectivity index (χ0n) is 36.5. The molecule has 66 heavy (non-hydrogen) atoms. The average Bonchev–Trinajstić information content (AvgIpc) is 4.11. The molecule has 0 amide bonds. The Morgan fingerprint density at radius 1 is 0.409 bits per heavy atom. The minimum Gasteiger partial charge on any atom is -0.466 e. The third-order valence-corrected chi connectivity index (χ3v) is 12.7. The second kappa shape index (κ2) is 15.8. The van der Waals surface area contributed by atoms with Gasteiger partial charge in [0.1, 0.15) is 5.82 Å². The number of para-hydroxylation sites is 9. The number of rotatable bonds is 6. The maximum atomic E-state index is 9.82. The van der Waals surface area contributed by atoms with Gasteiger partial charge in [0.05, 0.1) is 73.4 Å². The maximum Gasteiger partial charge on any atom is 0.302 e. The minimum absolute atomic E-state index is 0.211. The quantitative estimate of drug-likeness (QED) is 0.157. The first-order chi connectivity index (χ1) is 32.6. The predicted octanol–water partition coefficient (Wildman–Crippen LogP) is 14.6. The number of ether oxygens (including phenoxy) is 1. The number of imidazole rings is 1. The van der Waals surface area contributed by atoms with Crippen LogP contribution in [-0.4, -0.2) is 35.8 Å². The maximum absolute atomic E-state index is 9.82. The summed E-state index contributed by atoms with van der Waals surface area (Å²) in [6.07, 6.45) is 0. The van der Waals surface area contributed by atoms with Gasteiger partial charge < -0.3 is 18.4 Å². The lowest BCUT2D eigenvalue weighted by molar-refractivity contribution is -0.140. The molecule has 0 bridgehead atoms. The van der Waals surface area contributed by atoms with Crippen LogP contribution in [0.1, 0.15) is 13.8 Å². The van der Waals surface area contributed by atoms with Gasteiger partial charge in [-0.15, -0.1) is 0 Å². The van der Waals surface area contributed by atoms with E-state index in [4.69, 9.17) is 4.98 Å². The van der Waals surface area contributed by atoms with E-state index in [1.807, 2.05) is 0 Å². The molecule has 0 saturated carbocycles. The highest BCUT2D eigenvalue weighted by Gasteiger charge is 2.28. The van der Waals surface area contributed by atoms with Gasteiger partial charge in [0.15, 0.2) is 0 Å². The Morgan fingerprint density at radius 3 is 1.14 bits per heavy atom. The number of fused-ring (bicyclic) bond motifs is 10. The van der Waals surface area contributed by atoms with Crippen molar-refractivity contribution in [1.82, 2.24) is 23.3 Å². The van der Waals surface area contributed by atoms with Gasteiger partial charge in [0.2, 0.25) is 0 Å². The molecular formula is C59H43N5O2. The summed E-state index contributed by atoms with van der Waals surface area (Å²) in [6, 6.07) is 76.8. The molecule has 13 rings (SSSR count). The van der Waals surface area contributed by atoms with Crippen molar-refractivity contribution in [2.24, 2.45) is 0 Å². The van der Waals surface area contributed by atoms with Crippen LogP contribution in [0.2, 0.25) is 0 Å². The van der Waals surface area contributed by atoms with Crippen LogP contribution in [-0.2, 0) is 9.53 Å². The third-order valence-electron chi connectivity index (χ3n) is 12.7. The molecule has 0 aliphatic heterocycles. The largest absolute Gasteiger partial charge is 0.466 e. The van der Waals surface area contributed by atoms with E-state index in [2.05, 4.69) is 235 Å². The van der Waals surface area contributed by atoms with E-state index in [1.54, 1.807) is 6.92 Å². The molecule has 0 N–H and O–H groups in total. The molecular weight excluding hydrogens is 811 g/mol. The second-order valence-corrected chi connectivity index (χ2v) is 16.5. The fraction of sp³-hybridized carbons (Fsp3) is 0.0508. The van der Waals surface area contributed by atoms with Gasteiger partial charge in [-0.1, -0.05) is 140 Å². The van der Waals surface area contributed by atoms with E-state index in [9.17, 15) is 4.79 Å². The van der Waals surface area contributed by atoms with Gasteiger partial charge in [-0.3, -0.25) is 9.36 Å². The van der Waals surface area contributed by atoms with Gasteiger partial charge in [0.25, 0.3) is 0 Å².